The molecule has 0 atom stereocenters. The molecule has 4 rings (SSSR count). The lowest BCUT2D eigenvalue weighted by Gasteiger charge is -2.09. The molecule has 9 nitrogen and oxygen atoms in total. The minimum Gasteiger partial charge on any atom is -0.309 e. The van der Waals surface area contributed by atoms with Gasteiger partial charge < -0.3 is 5.32 Å². The van der Waals surface area contributed by atoms with Gasteiger partial charge in [-0.1, -0.05) is 28.1 Å². The summed E-state index contributed by atoms with van der Waals surface area (Å²) < 4.78 is 4.85. The summed E-state index contributed by atoms with van der Waals surface area (Å²) in [5.41, 5.74) is 0.568. The average molecular weight is 460 g/mol. The summed E-state index contributed by atoms with van der Waals surface area (Å²) in [5.74, 6) is 0.143. The highest BCUT2D eigenvalue weighted by Gasteiger charge is 2.14. The zero-order chi connectivity index (χ0) is 19.5. The Hall–Kier alpha value is -3.05. The van der Waals surface area contributed by atoms with Gasteiger partial charge in [0.1, 0.15) is 17.4 Å². The number of hydrogen-bond donors (Lipinski definition) is 1. The third kappa shape index (κ3) is 3.94. The number of rotatable bonds is 6. The van der Waals surface area contributed by atoms with E-state index in [1.165, 1.54) is 11.3 Å². The second kappa shape index (κ2) is 7.90. The van der Waals surface area contributed by atoms with E-state index >= 15 is 0 Å². The zero-order valence-electron chi connectivity index (χ0n) is 14.4. The van der Waals surface area contributed by atoms with E-state index in [0.717, 1.165) is 19.4 Å². The van der Waals surface area contributed by atoms with Crippen molar-refractivity contribution in [2.24, 2.45) is 0 Å². The second-order valence-electron chi connectivity index (χ2n) is 5.83. The maximum Gasteiger partial charge on any atom is 0.369 e. The Morgan fingerprint density at radius 2 is 1.93 bits per heavy atom. The van der Waals surface area contributed by atoms with Crippen molar-refractivity contribution in [1.82, 2.24) is 29.6 Å². The summed E-state index contributed by atoms with van der Waals surface area (Å²) in [4.78, 5) is 24.7. The minimum absolute atomic E-state index is 0.242. The van der Waals surface area contributed by atoms with Crippen molar-refractivity contribution < 1.29 is 4.79 Å². The molecule has 3 aromatic heterocycles. The third-order valence-corrected chi connectivity index (χ3v) is 5.25. The first kappa shape index (κ1) is 18.3. The predicted molar refractivity (Wildman–Crippen MR) is 108 cm³/mol. The van der Waals surface area contributed by atoms with Crippen LogP contribution in [0.5, 0.6) is 0 Å². The maximum atomic E-state index is 12.4. The number of tetrazole rings is 1. The molecule has 0 saturated carbocycles. The molecule has 3 heterocycles. The van der Waals surface area contributed by atoms with Gasteiger partial charge in [0.25, 0.3) is 0 Å². The topological polar surface area (TPSA) is 99.6 Å². The van der Waals surface area contributed by atoms with Crippen molar-refractivity contribution in [2.75, 3.05) is 5.32 Å². The largest absolute Gasteiger partial charge is 0.369 e. The first-order valence-corrected chi connectivity index (χ1v) is 9.90. The number of hydrogen-bond acceptors (Lipinski definition) is 6. The molecule has 142 valence electrons. The molecule has 11 heteroatoms. The van der Waals surface area contributed by atoms with E-state index in [4.69, 9.17) is 0 Å². The summed E-state index contributed by atoms with van der Waals surface area (Å²) in [6.45, 7) is 0.262. The lowest BCUT2D eigenvalue weighted by Crippen LogP contribution is -2.30. The van der Waals surface area contributed by atoms with Crippen LogP contribution in [0.3, 0.4) is 0 Å². The van der Waals surface area contributed by atoms with Gasteiger partial charge in [-0.15, -0.1) is 11.3 Å². The molecule has 0 saturated heterocycles. The Morgan fingerprint density at radius 1 is 1.11 bits per heavy atom. The zero-order valence-corrected chi connectivity index (χ0v) is 16.8. The molecule has 0 fully saturated rings. The number of nitrogens with one attached hydrogen (secondary N) is 1. The molecule has 4 aromatic rings. The first-order valence-electron chi connectivity index (χ1n) is 8.23. The van der Waals surface area contributed by atoms with Crippen LogP contribution in [0, 0.1) is 0 Å². The van der Waals surface area contributed by atoms with Crippen molar-refractivity contribution in [3.63, 3.8) is 0 Å². The number of benzene rings is 1. The molecule has 28 heavy (non-hydrogen) atoms. The molecule has 0 bridgehead atoms. The number of thiophene rings is 1. The quantitative estimate of drug-likeness (QED) is 0.476. The average Bonchev–Trinajstić information content (AvgIpc) is 3.41. The van der Waals surface area contributed by atoms with Gasteiger partial charge in [-0.3, -0.25) is 4.79 Å². The summed E-state index contributed by atoms with van der Waals surface area (Å²) in [6, 6.07) is 13.1. The number of carbonyl (C=O) groups excluding carboxylic acids is 1. The molecule has 0 aliphatic rings. The summed E-state index contributed by atoms with van der Waals surface area (Å²) in [5, 5.41) is 17.1. The second-order valence-corrected chi connectivity index (χ2v) is 7.67. The van der Waals surface area contributed by atoms with Gasteiger partial charge in [-0.05, 0) is 45.6 Å². The number of nitrogens with zero attached hydrogens (tertiary/aromatic N) is 6. The fraction of sp³-hybridized carbons (Fsp3) is 0.118. The van der Waals surface area contributed by atoms with Gasteiger partial charge in [0.15, 0.2) is 0 Å². The molecule has 0 aliphatic carbocycles. The molecule has 0 spiro atoms. The van der Waals surface area contributed by atoms with Gasteiger partial charge in [-0.2, -0.15) is 14.5 Å². The van der Waals surface area contributed by atoms with Gasteiger partial charge in [-0.25, -0.2) is 9.48 Å². The minimum atomic E-state index is -0.471. The van der Waals surface area contributed by atoms with E-state index in [1.807, 2.05) is 35.7 Å². The van der Waals surface area contributed by atoms with Crippen molar-refractivity contribution >= 4 is 39.0 Å². The highest BCUT2D eigenvalue weighted by molar-refractivity contribution is 9.10. The van der Waals surface area contributed by atoms with Crippen LogP contribution in [0.2, 0.25) is 0 Å². The van der Waals surface area contributed by atoms with Gasteiger partial charge >= 0.3 is 5.69 Å². The van der Waals surface area contributed by atoms with Gasteiger partial charge in [0.2, 0.25) is 5.91 Å². The van der Waals surface area contributed by atoms with Crippen LogP contribution in [0.4, 0.5) is 5.82 Å². The number of amides is 1. The van der Waals surface area contributed by atoms with Crippen LogP contribution in [0.1, 0.15) is 5.56 Å². The van der Waals surface area contributed by atoms with Gasteiger partial charge in [0.05, 0.1) is 12.7 Å². The number of halogens is 1. The fourth-order valence-corrected chi connectivity index (χ4v) is 3.48. The van der Waals surface area contributed by atoms with Crippen molar-refractivity contribution in [3.8, 4) is 5.00 Å². The first-order chi connectivity index (χ1) is 13.6. The maximum absolute atomic E-state index is 12.4. The van der Waals surface area contributed by atoms with Crippen LogP contribution < -0.4 is 11.0 Å². The molecular weight excluding hydrogens is 446 g/mol. The molecular formula is C17H14BrN7O2S. The smallest absolute Gasteiger partial charge is 0.309 e. The van der Waals surface area contributed by atoms with Crippen LogP contribution in [-0.2, 0) is 17.9 Å². The highest BCUT2D eigenvalue weighted by Crippen LogP contribution is 2.14. The van der Waals surface area contributed by atoms with E-state index in [9.17, 15) is 9.59 Å². The Bertz CT molecular complexity index is 1150. The molecule has 0 aliphatic heterocycles. The van der Waals surface area contributed by atoms with E-state index < -0.39 is 11.6 Å². The van der Waals surface area contributed by atoms with Crippen molar-refractivity contribution in [1.29, 1.82) is 0 Å². The van der Waals surface area contributed by atoms with E-state index in [2.05, 4.69) is 36.8 Å². The third-order valence-electron chi connectivity index (χ3n) is 3.88. The lowest BCUT2D eigenvalue weighted by molar-refractivity contribution is -0.117. The summed E-state index contributed by atoms with van der Waals surface area (Å²) >= 11 is 4.76. The number of aromatic nitrogens is 6. The van der Waals surface area contributed by atoms with Crippen molar-refractivity contribution in [3.05, 3.63) is 74.6 Å². The molecule has 1 amide bonds. The number of carbonyl (C=O) groups is 1. The van der Waals surface area contributed by atoms with Crippen LogP contribution in [-0.4, -0.2) is 35.5 Å². The van der Waals surface area contributed by atoms with E-state index in [0.29, 0.717) is 17.4 Å². The van der Waals surface area contributed by atoms with E-state index in [-0.39, 0.29) is 6.54 Å². The summed E-state index contributed by atoms with van der Waals surface area (Å²) in [7, 11) is 0. The molecule has 1 N–H and O–H groups in total. The number of anilines is 1. The van der Waals surface area contributed by atoms with Crippen molar-refractivity contribution in [2.45, 2.75) is 13.1 Å². The summed E-state index contributed by atoms with van der Waals surface area (Å²) in [6.07, 6.45) is 1.60. The standard InChI is InChI=1S/C17H14BrN7O2S/c18-13-5-3-12(4-6-13)10-23-14(7-8-19-23)20-15(26)11-24-17(27)25(22-21-24)16-2-1-9-28-16/h1-9H,10-11H2,(H,20,26). The Kier molecular flexibility index (Phi) is 5.17. The fourth-order valence-electron chi connectivity index (χ4n) is 2.55. The van der Waals surface area contributed by atoms with Crippen LogP contribution >= 0.6 is 27.3 Å². The Labute approximate surface area is 171 Å². The highest BCUT2D eigenvalue weighted by atomic mass is 79.9. The van der Waals surface area contributed by atoms with Gasteiger partial charge in [0, 0.05) is 10.5 Å². The van der Waals surface area contributed by atoms with E-state index in [1.54, 1.807) is 23.0 Å². The predicted octanol–water partition coefficient (Wildman–Crippen LogP) is 2.14. The monoisotopic (exact) mass is 459 g/mol. The normalized spacial score (nSPS) is 10.9. The lowest BCUT2D eigenvalue weighted by atomic mass is 10.2. The molecule has 0 radical (unpaired) electrons. The Morgan fingerprint density at radius 3 is 2.68 bits per heavy atom. The van der Waals surface area contributed by atoms with Crippen LogP contribution in [0.15, 0.2) is 63.3 Å². The molecule has 1 aromatic carbocycles. The SMILES string of the molecule is O=C(Cn1nnn(-c2cccs2)c1=O)Nc1ccnn1Cc1ccc(Br)cc1. The van der Waals surface area contributed by atoms with Crippen LogP contribution in [0.25, 0.3) is 5.00 Å². The Balaban J connectivity index is 1.44. The molecule has 0 unspecified atom stereocenters.